The van der Waals surface area contributed by atoms with Gasteiger partial charge in [0, 0.05) is 22.6 Å². The number of urea groups is 1. The lowest BCUT2D eigenvalue weighted by Gasteiger charge is -2.29. The van der Waals surface area contributed by atoms with Gasteiger partial charge in [-0.15, -0.1) is 5.01 Å². The zero-order chi connectivity index (χ0) is 21.3. The van der Waals surface area contributed by atoms with Gasteiger partial charge in [-0.2, -0.15) is 5.10 Å². The zero-order valence-corrected chi connectivity index (χ0v) is 17.8. The number of carbonyl (C=O) groups is 2. The van der Waals surface area contributed by atoms with Crippen LogP contribution < -0.4 is 10.1 Å². The smallest absolute Gasteiger partial charge is 0.346 e. The van der Waals surface area contributed by atoms with E-state index in [9.17, 15) is 9.59 Å². The van der Waals surface area contributed by atoms with Crippen molar-refractivity contribution in [3.63, 3.8) is 0 Å². The number of rotatable bonds is 5. The van der Waals surface area contributed by atoms with Crippen LogP contribution in [0.15, 0.2) is 35.4 Å². The molecule has 2 heterocycles. The Labute approximate surface area is 176 Å². The minimum absolute atomic E-state index is 0.233. The molecule has 1 aromatic carbocycles. The Kier molecular flexibility index (Phi) is 5.37. The Hall–Kier alpha value is -3.09. The molecule has 1 aromatic heterocycles. The number of imide groups is 1. The van der Waals surface area contributed by atoms with Crippen LogP contribution in [0.4, 0.5) is 4.79 Å². The summed E-state index contributed by atoms with van der Waals surface area (Å²) in [6.07, 6.45) is 5.99. The molecule has 1 N–H and O–H groups in total. The molecule has 0 unspecified atom stereocenters. The van der Waals surface area contributed by atoms with Crippen LogP contribution in [0.1, 0.15) is 56.0 Å². The summed E-state index contributed by atoms with van der Waals surface area (Å²) in [7, 11) is 0. The number of aromatic nitrogens is 1. The number of aryl methyl sites for hydroxylation is 1. The van der Waals surface area contributed by atoms with Gasteiger partial charge in [-0.05, 0) is 63.9 Å². The third-order valence-electron chi connectivity index (χ3n) is 6.04. The lowest BCUT2D eigenvalue weighted by molar-refractivity contribution is -0.132. The van der Waals surface area contributed by atoms with Gasteiger partial charge < -0.3 is 14.6 Å². The second kappa shape index (κ2) is 7.97. The summed E-state index contributed by atoms with van der Waals surface area (Å²) >= 11 is 0. The van der Waals surface area contributed by atoms with Crippen LogP contribution in [0.3, 0.4) is 0 Å². The zero-order valence-electron chi connectivity index (χ0n) is 17.8. The summed E-state index contributed by atoms with van der Waals surface area (Å²) in [5.74, 6) is 0.601. The number of nitrogens with zero attached hydrogens (tertiary/aromatic N) is 3. The van der Waals surface area contributed by atoms with E-state index in [0.29, 0.717) is 19.4 Å². The van der Waals surface area contributed by atoms with Crippen molar-refractivity contribution < 1.29 is 14.3 Å². The minimum Gasteiger partial charge on any atom is -0.494 e. The topological polar surface area (TPSA) is 75.9 Å². The maximum absolute atomic E-state index is 12.9. The largest absolute Gasteiger partial charge is 0.494 e. The van der Waals surface area contributed by atoms with Crippen molar-refractivity contribution in [2.24, 2.45) is 5.10 Å². The Morgan fingerprint density at radius 1 is 1.13 bits per heavy atom. The molecule has 1 aliphatic heterocycles. The van der Waals surface area contributed by atoms with E-state index in [2.05, 4.69) is 15.0 Å². The highest BCUT2D eigenvalue weighted by molar-refractivity contribution is 6.07. The second-order valence-corrected chi connectivity index (χ2v) is 8.02. The van der Waals surface area contributed by atoms with Gasteiger partial charge in [-0.25, -0.2) is 4.79 Å². The van der Waals surface area contributed by atoms with Crippen LogP contribution in [0.2, 0.25) is 0 Å². The molecular weight excluding hydrogens is 380 g/mol. The molecule has 1 aliphatic carbocycles. The van der Waals surface area contributed by atoms with E-state index < -0.39 is 11.6 Å². The first-order valence-corrected chi connectivity index (χ1v) is 10.6. The maximum Gasteiger partial charge on any atom is 0.346 e. The molecule has 7 nitrogen and oxygen atoms in total. The third kappa shape index (κ3) is 3.49. The second-order valence-electron chi connectivity index (χ2n) is 8.02. The van der Waals surface area contributed by atoms with Crippen LogP contribution in [-0.4, -0.2) is 39.9 Å². The van der Waals surface area contributed by atoms with Crippen LogP contribution in [-0.2, 0) is 4.79 Å². The van der Waals surface area contributed by atoms with Crippen molar-refractivity contribution in [1.82, 2.24) is 14.9 Å². The molecule has 4 rings (SSSR count). The van der Waals surface area contributed by atoms with Gasteiger partial charge in [0.05, 0.1) is 12.8 Å². The predicted molar refractivity (Wildman–Crippen MR) is 115 cm³/mol. The number of nitrogens with one attached hydrogen (secondary N) is 1. The van der Waals surface area contributed by atoms with E-state index in [1.54, 1.807) is 6.21 Å². The molecule has 2 fully saturated rings. The van der Waals surface area contributed by atoms with Gasteiger partial charge in [-0.3, -0.25) is 4.79 Å². The molecule has 3 amide bonds. The number of benzene rings is 1. The summed E-state index contributed by atoms with van der Waals surface area (Å²) in [5.41, 5.74) is 3.15. The van der Waals surface area contributed by atoms with Gasteiger partial charge in [0.1, 0.15) is 11.3 Å². The predicted octanol–water partition coefficient (Wildman–Crippen LogP) is 4.08. The highest BCUT2D eigenvalue weighted by atomic mass is 16.5. The molecular formula is C23H28N4O3. The van der Waals surface area contributed by atoms with Crippen LogP contribution >= 0.6 is 0 Å². The summed E-state index contributed by atoms with van der Waals surface area (Å²) in [6, 6.07) is 9.49. The quantitative estimate of drug-likeness (QED) is 0.598. The minimum atomic E-state index is -0.758. The van der Waals surface area contributed by atoms with Gasteiger partial charge in [0.15, 0.2) is 0 Å². The maximum atomic E-state index is 12.9. The number of carbonyl (C=O) groups excluding carboxylic acids is 2. The average molecular weight is 409 g/mol. The first kappa shape index (κ1) is 20.2. The molecule has 30 heavy (non-hydrogen) atoms. The van der Waals surface area contributed by atoms with Crippen molar-refractivity contribution in [3.8, 4) is 11.4 Å². The number of ether oxygens (including phenoxy) is 1. The first-order valence-electron chi connectivity index (χ1n) is 10.6. The van der Waals surface area contributed by atoms with Gasteiger partial charge >= 0.3 is 6.03 Å². The molecule has 1 spiro atoms. The van der Waals surface area contributed by atoms with Crippen molar-refractivity contribution in [2.45, 2.75) is 58.4 Å². The van der Waals surface area contributed by atoms with Gasteiger partial charge in [-0.1, -0.05) is 19.3 Å². The van der Waals surface area contributed by atoms with Crippen LogP contribution in [0.25, 0.3) is 5.69 Å². The fourth-order valence-corrected chi connectivity index (χ4v) is 4.50. The SMILES string of the molecule is CCOc1ccc(-n2c(C)cc(/C=N\N3C(=O)NC4(CCCCC4)C3=O)c2C)cc1. The molecule has 0 radical (unpaired) electrons. The fraction of sp³-hybridized carbons (Fsp3) is 0.435. The molecule has 7 heteroatoms. The molecule has 158 valence electrons. The summed E-state index contributed by atoms with van der Waals surface area (Å²) in [5, 5.41) is 8.14. The van der Waals surface area contributed by atoms with Gasteiger partial charge in [0.25, 0.3) is 5.91 Å². The Morgan fingerprint density at radius 2 is 1.83 bits per heavy atom. The Morgan fingerprint density at radius 3 is 2.50 bits per heavy atom. The molecule has 0 bridgehead atoms. The number of hydrazone groups is 1. The van der Waals surface area contributed by atoms with E-state index >= 15 is 0 Å². The monoisotopic (exact) mass is 408 g/mol. The molecule has 2 aliphatic rings. The standard InChI is InChI=1S/C23H28N4O3/c1-4-30-20-10-8-19(9-11-20)26-16(2)14-18(17(26)3)15-24-27-21(28)23(25-22(27)29)12-6-5-7-13-23/h8-11,14-15H,4-7,12-13H2,1-3H3,(H,25,29)/b24-15-. The Balaban J connectivity index is 1.57. The molecule has 1 saturated carbocycles. The van der Waals surface area contributed by atoms with Crippen LogP contribution in [0.5, 0.6) is 5.75 Å². The molecule has 0 atom stereocenters. The number of hydrogen-bond donors (Lipinski definition) is 1. The van der Waals surface area contributed by atoms with E-state index in [4.69, 9.17) is 4.74 Å². The summed E-state index contributed by atoms with van der Waals surface area (Å²) < 4.78 is 7.64. The lowest BCUT2D eigenvalue weighted by atomic mass is 9.82. The van der Waals surface area contributed by atoms with Crippen molar-refractivity contribution in [3.05, 3.63) is 47.3 Å². The van der Waals surface area contributed by atoms with E-state index in [1.807, 2.05) is 51.1 Å². The first-order chi connectivity index (χ1) is 14.4. The molecule has 2 aromatic rings. The highest BCUT2D eigenvalue weighted by Crippen LogP contribution is 2.33. The highest BCUT2D eigenvalue weighted by Gasteiger charge is 2.51. The average Bonchev–Trinajstić information content (AvgIpc) is 3.14. The van der Waals surface area contributed by atoms with Crippen LogP contribution in [0, 0.1) is 13.8 Å². The third-order valence-corrected chi connectivity index (χ3v) is 6.04. The number of amides is 3. The molecule has 1 saturated heterocycles. The Bertz CT molecular complexity index is 985. The van der Waals surface area contributed by atoms with Crippen molar-refractivity contribution in [2.75, 3.05) is 6.61 Å². The fourth-order valence-electron chi connectivity index (χ4n) is 4.50. The summed E-state index contributed by atoms with van der Waals surface area (Å²) in [6.45, 7) is 6.61. The van der Waals surface area contributed by atoms with E-state index in [1.165, 1.54) is 0 Å². The summed E-state index contributed by atoms with van der Waals surface area (Å²) in [4.78, 5) is 25.3. The van der Waals surface area contributed by atoms with Gasteiger partial charge in [0.2, 0.25) is 0 Å². The normalized spacial score (nSPS) is 18.4. The van der Waals surface area contributed by atoms with E-state index in [-0.39, 0.29) is 5.91 Å². The lowest BCUT2D eigenvalue weighted by Crippen LogP contribution is -2.48. The van der Waals surface area contributed by atoms with Crippen molar-refractivity contribution >= 4 is 18.2 Å². The number of hydrogen-bond acceptors (Lipinski definition) is 4. The van der Waals surface area contributed by atoms with E-state index in [0.717, 1.165) is 52.7 Å². The van der Waals surface area contributed by atoms with Crippen molar-refractivity contribution in [1.29, 1.82) is 0 Å².